The van der Waals surface area contributed by atoms with Gasteiger partial charge in [-0.3, -0.25) is 14.9 Å². The second kappa shape index (κ2) is 5.95. The Morgan fingerprint density at radius 2 is 2.33 bits per heavy atom. The minimum Gasteiger partial charge on any atom is -0.481 e. The monoisotopic (exact) mass is 253 g/mol. The number of aliphatic carboxylic acids is 1. The van der Waals surface area contributed by atoms with Crippen molar-refractivity contribution in [1.82, 2.24) is 4.98 Å². The summed E-state index contributed by atoms with van der Waals surface area (Å²) in [6.45, 7) is 3.47. The van der Waals surface area contributed by atoms with Crippen LogP contribution in [-0.4, -0.2) is 27.0 Å². The van der Waals surface area contributed by atoms with Gasteiger partial charge < -0.3 is 10.4 Å². The fourth-order valence-electron chi connectivity index (χ4n) is 1.54. The minimum absolute atomic E-state index is 0.0196. The SMILES string of the molecule is CCC(CC(=O)O)Nc1cc(C)c([N+](=O)[O-])cn1. The smallest absolute Gasteiger partial charge is 0.305 e. The molecule has 7 heteroatoms. The maximum absolute atomic E-state index is 10.6. The zero-order valence-corrected chi connectivity index (χ0v) is 10.2. The zero-order valence-electron chi connectivity index (χ0n) is 10.2. The normalized spacial score (nSPS) is 11.9. The molecule has 1 aromatic heterocycles. The van der Waals surface area contributed by atoms with Gasteiger partial charge in [0.25, 0.3) is 5.69 Å². The molecule has 1 aromatic rings. The Bertz CT molecular complexity index is 462. The summed E-state index contributed by atoms with van der Waals surface area (Å²) >= 11 is 0. The summed E-state index contributed by atoms with van der Waals surface area (Å²) in [5.74, 6) is -0.445. The number of pyridine rings is 1. The third-order valence-corrected chi connectivity index (χ3v) is 2.55. The average molecular weight is 253 g/mol. The molecule has 1 unspecified atom stereocenters. The summed E-state index contributed by atoms with van der Waals surface area (Å²) < 4.78 is 0. The molecule has 0 bridgehead atoms. The first-order valence-corrected chi connectivity index (χ1v) is 5.53. The molecular weight excluding hydrogens is 238 g/mol. The molecule has 0 aliphatic heterocycles. The van der Waals surface area contributed by atoms with E-state index in [0.717, 1.165) is 0 Å². The van der Waals surface area contributed by atoms with Gasteiger partial charge in [0.1, 0.15) is 12.0 Å². The minimum atomic E-state index is -0.895. The van der Waals surface area contributed by atoms with E-state index >= 15 is 0 Å². The van der Waals surface area contributed by atoms with Crippen molar-refractivity contribution < 1.29 is 14.8 Å². The summed E-state index contributed by atoms with van der Waals surface area (Å²) in [6, 6.07) is 1.30. The van der Waals surface area contributed by atoms with Gasteiger partial charge in [0.05, 0.1) is 11.3 Å². The first kappa shape index (κ1) is 13.9. The molecule has 18 heavy (non-hydrogen) atoms. The quantitative estimate of drug-likeness (QED) is 0.593. The lowest BCUT2D eigenvalue weighted by atomic mass is 10.1. The topological polar surface area (TPSA) is 105 Å². The molecule has 0 saturated heterocycles. The summed E-state index contributed by atoms with van der Waals surface area (Å²) in [7, 11) is 0. The lowest BCUT2D eigenvalue weighted by Gasteiger charge is -2.15. The van der Waals surface area contributed by atoms with Crippen LogP contribution in [0.15, 0.2) is 12.3 Å². The Morgan fingerprint density at radius 3 is 2.78 bits per heavy atom. The van der Waals surface area contributed by atoms with Gasteiger partial charge >= 0.3 is 5.97 Å². The van der Waals surface area contributed by atoms with Crippen LogP contribution in [0.4, 0.5) is 11.5 Å². The number of nitrogens with one attached hydrogen (secondary N) is 1. The average Bonchev–Trinajstić information content (AvgIpc) is 2.27. The molecule has 1 atom stereocenters. The lowest BCUT2D eigenvalue weighted by Crippen LogP contribution is -2.22. The first-order valence-electron chi connectivity index (χ1n) is 5.53. The van der Waals surface area contributed by atoms with Crippen molar-refractivity contribution in [3.05, 3.63) is 27.9 Å². The number of carboxylic acid groups (broad SMARTS) is 1. The van der Waals surface area contributed by atoms with E-state index in [1.807, 2.05) is 6.92 Å². The number of nitrogens with zero attached hydrogens (tertiary/aromatic N) is 2. The maximum atomic E-state index is 10.6. The molecule has 1 rings (SSSR count). The van der Waals surface area contributed by atoms with Crippen LogP contribution in [0.25, 0.3) is 0 Å². The van der Waals surface area contributed by atoms with Crippen molar-refractivity contribution in [2.45, 2.75) is 32.7 Å². The highest BCUT2D eigenvalue weighted by Gasteiger charge is 2.15. The highest BCUT2D eigenvalue weighted by Crippen LogP contribution is 2.19. The Balaban J connectivity index is 2.81. The van der Waals surface area contributed by atoms with Crippen molar-refractivity contribution in [3.63, 3.8) is 0 Å². The molecular formula is C11H15N3O4. The molecule has 1 heterocycles. The van der Waals surface area contributed by atoms with E-state index in [-0.39, 0.29) is 18.2 Å². The highest BCUT2D eigenvalue weighted by atomic mass is 16.6. The highest BCUT2D eigenvalue weighted by molar-refractivity contribution is 5.68. The van der Waals surface area contributed by atoms with Gasteiger partial charge in [-0.1, -0.05) is 6.92 Å². The van der Waals surface area contributed by atoms with E-state index in [1.165, 1.54) is 6.20 Å². The van der Waals surface area contributed by atoms with Gasteiger partial charge in [-0.25, -0.2) is 4.98 Å². The number of hydrogen-bond donors (Lipinski definition) is 2. The van der Waals surface area contributed by atoms with Crippen LogP contribution in [0.3, 0.4) is 0 Å². The third kappa shape index (κ3) is 3.69. The molecule has 0 saturated carbocycles. The number of aryl methyl sites for hydroxylation is 1. The molecule has 0 aliphatic rings. The van der Waals surface area contributed by atoms with Gasteiger partial charge in [0.15, 0.2) is 0 Å². The van der Waals surface area contributed by atoms with Crippen LogP contribution in [0.5, 0.6) is 0 Å². The predicted octanol–water partition coefficient (Wildman–Crippen LogP) is 1.96. The fourth-order valence-corrected chi connectivity index (χ4v) is 1.54. The first-order chi connectivity index (χ1) is 8.43. The van der Waals surface area contributed by atoms with E-state index in [0.29, 0.717) is 17.8 Å². The number of carbonyl (C=O) groups is 1. The van der Waals surface area contributed by atoms with Gasteiger partial charge in [0.2, 0.25) is 0 Å². The standard InChI is InChI=1S/C11H15N3O4/c1-3-8(5-11(15)16)13-10-4-7(2)9(6-12-10)14(17)18/h4,6,8H,3,5H2,1-2H3,(H,12,13)(H,15,16). The summed E-state index contributed by atoms with van der Waals surface area (Å²) in [4.78, 5) is 24.7. The van der Waals surface area contributed by atoms with Crippen LogP contribution in [0, 0.1) is 17.0 Å². The summed E-state index contributed by atoms with van der Waals surface area (Å²) in [5.41, 5.74) is 0.439. The van der Waals surface area contributed by atoms with Crippen molar-refractivity contribution >= 4 is 17.5 Å². The zero-order chi connectivity index (χ0) is 13.7. The van der Waals surface area contributed by atoms with E-state index in [4.69, 9.17) is 5.11 Å². The number of aromatic nitrogens is 1. The number of carboxylic acids is 1. The van der Waals surface area contributed by atoms with Gasteiger partial charge in [-0.2, -0.15) is 0 Å². The van der Waals surface area contributed by atoms with Gasteiger partial charge in [0, 0.05) is 11.6 Å². The predicted molar refractivity (Wildman–Crippen MR) is 65.6 cm³/mol. The van der Waals surface area contributed by atoms with Crippen LogP contribution in [-0.2, 0) is 4.79 Å². The van der Waals surface area contributed by atoms with Crippen molar-refractivity contribution in [3.8, 4) is 0 Å². The van der Waals surface area contributed by atoms with Crippen LogP contribution >= 0.6 is 0 Å². The number of hydrogen-bond acceptors (Lipinski definition) is 5. The van der Waals surface area contributed by atoms with Crippen molar-refractivity contribution in [2.24, 2.45) is 0 Å². The molecule has 0 aliphatic carbocycles. The maximum Gasteiger partial charge on any atom is 0.305 e. The van der Waals surface area contributed by atoms with E-state index < -0.39 is 10.9 Å². The van der Waals surface area contributed by atoms with Crippen LogP contribution in [0.1, 0.15) is 25.3 Å². The molecule has 0 amide bonds. The largest absolute Gasteiger partial charge is 0.481 e. The number of anilines is 1. The Morgan fingerprint density at radius 1 is 1.67 bits per heavy atom. The molecule has 7 nitrogen and oxygen atoms in total. The van der Waals surface area contributed by atoms with Crippen LogP contribution < -0.4 is 5.32 Å². The second-order valence-electron chi connectivity index (χ2n) is 3.96. The van der Waals surface area contributed by atoms with E-state index in [9.17, 15) is 14.9 Å². The number of rotatable bonds is 6. The molecule has 0 aromatic carbocycles. The second-order valence-corrected chi connectivity index (χ2v) is 3.96. The van der Waals surface area contributed by atoms with E-state index in [2.05, 4.69) is 10.3 Å². The van der Waals surface area contributed by atoms with E-state index in [1.54, 1.807) is 13.0 Å². The summed E-state index contributed by atoms with van der Waals surface area (Å²) in [5, 5.41) is 22.3. The van der Waals surface area contributed by atoms with Gasteiger partial charge in [-0.05, 0) is 19.4 Å². The van der Waals surface area contributed by atoms with Crippen LogP contribution in [0.2, 0.25) is 0 Å². The fraction of sp³-hybridized carbons (Fsp3) is 0.455. The lowest BCUT2D eigenvalue weighted by molar-refractivity contribution is -0.385. The molecule has 0 fully saturated rings. The third-order valence-electron chi connectivity index (χ3n) is 2.55. The Kier molecular flexibility index (Phi) is 4.59. The molecule has 0 spiro atoms. The Labute approximate surface area is 104 Å². The molecule has 2 N–H and O–H groups in total. The summed E-state index contributed by atoms with van der Waals surface area (Å²) in [6.07, 6.45) is 1.78. The Hall–Kier alpha value is -2.18. The van der Waals surface area contributed by atoms with Gasteiger partial charge in [-0.15, -0.1) is 0 Å². The number of nitro groups is 1. The molecule has 98 valence electrons. The van der Waals surface area contributed by atoms with Crippen molar-refractivity contribution in [1.29, 1.82) is 0 Å². The molecule has 0 radical (unpaired) electrons. The van der Waals surface area contributed by atoms with Crippen molar-refractivity contribution in [2.75, 3.05) is 5.32 Å².